The van der Waals surface area contributed by atoms with Crippen molar-refractivity contribution in [3.63, 3.8) is 0 Å². The van der Waals surface area contributed by atoms with Gasteiger partial charge in [0.1, 0.15) is 6.04 Å². The van der Waals surface area contributed by atoms with E-state index in [1.54, 1.807) is 0 Å². The minimum Gasteiger partial charge on any atom is -0.396 e. The molecule has 0 heterocycles. The highest BCUT2D eigenvalue weighted by atomic mass is 16.3. The molecule has 1 unspecified atom stereocenters. The monoisotopic (exact) mass is 222 g/mol. The molecule has 1 aromatic rings. The van der Waals surface area contributed by atoms with Gasteiger partial charge in [0.05, 0.1) is 0 Å². The Labute approximate surface area is 95.5 Å². The minimum absolute atomic E-state index is 0.0481. The Hall–Kier alpha value is -1.39. The van der Waals surface area contributed by atoms with Gasteiger partial charge in [-0.05, 0) is 11.5 Å². The van der Waals surface area contributed by atoms with E-state index in [1.807, 2.05) is 37.3 Å². The molecule has 0 aromatic heterocycles. The van der Waals surface area contributed by atoms with Crippen LogP contribution in [0.4, 0.5) is 0 Å². The Balaban J connectivity index is 2.49. The molecular weight excluding hydrogens is 204 g/mol. The smallest absolute Gasteiger partial charge is 0.241 e. The zero-order chi connectivity index (χ0) is 12.0. The Morgan fingerprint density at radius 3 is 2.62 bits per heavy atom. The summed E-state index contributed by atoms with van der Waals surface area (Å²) in [5, 5.41) is 11.5. The van der Waals surface area contributed by atoms with Crippen molar-refractivity contribution in [1.29, 1.82) is 0 Å². The van der Waals surface area contributed by atoms with Crippen LogP contribution in [0.5, 0.6) is 0 Å². The largest absolute Gasteiger partial charge is 0.396 e. The fourth-order valence-electron chi connectivity index (χ4n) is 1.26. The van der Waals surface area contributed by atoms with Gasteiger partial charge in [0.25, 0.3) is 0 Å². The van der Waals surface area contributed by atoms with Gasteiger partial charge in [0, 0.05) is 13.2 Å². The second-order valence-electron chi connectivity index (χ2n) is 3.92. The van der Waals surface area contributed by atoms with Crippen LogP contribution in [0.1, 0.15) is 18.5 Å². The van der Waals surface area contributed by atoms with Crippen LogP contribution < -0.4 is 11.1 Å². The number of benzene rings is 1. The standard InChI is InChI=1S/C12H18N2O2/c1-9(8-15)7-14-12(16)11(13)10-5-3-2-4-6-10/h2-6,9,11,15H,7-8,13H2,1H3,(H,14,16)/t9?,11-/m0/s1. The molecule has 0 radical (unpaired) electrons. The molecule has 0 saturated heterocycles. The maximum absolute atomic E-state index is 11.6. The SMILES string of the molecule is CC(CO)CNC(=O)[C@@H](N)c1ccccc1. The van der Waals surface area contributed by atoms with Crippen LogP contribution in [-0.2, 0) is 4.79 Å². The van der Waals surface area contributed by atoms with Crippen molar-refractivity contribution in [3.05, 3.63) is 35.9 Å². The summed E-state index contributed by atoms with van der Waals surface area (Å²) in [7, 11) is 0. The van der Waals surface area contributed by atoms with Crippen molar-refractivity contribution in [2.75, 3.05) is 13.2 Å². The highest BCUT2D eigenvalue weighted by Crippen LogP contribution is 2.09. The second kappa shape index (κ2) is 6.25. The maximum Gasteiger partial charge on any atom is 0.241 e. The fourth-order valence-corrected chi connectivity index (χ4v) is 1.26. The molecule has 0 fully saturated rings. The zero-order valence-electron chi connectivity index (χ0n) is 9.39. The third kappa shape index (κ3) is 3.64. The van der Waals surface area contributed by atoms with Crippen molar-refractivity contribution < 1.29 is 9.90 Å². The first kappa shape index (κ1) is 12.7. The van der Waals surface area contributed by atoms with Gasteiger partial charge in [-0.1, -0.05) is 37.3 Å². The summed E-state index contributed by atoms with van der Waals surface area (Å²) >= 11 is 0. The molecule has 16 heavy (non-hydrogen) atoms. The molecule has 0 aliphatic rings. The lowest BCUT2D eigenvalue weighted by Gasteiger charge is -2.14. The molecule has 0 bridgehead atoms. The first-order valence-electron chi connectivity index (χ1n) is 5.34. The summed E-state index contributed by atoms with van der Waals surface area (Å²) in [6, 6.07) is 8.56. The van der Waals surface area contributed by atoms with Gasteiger partial charge >= 0.3 is 0 Å². The lowest BCUT2D eigenvalue weighted by atomic mass is 10.1. The van der Waals surface area contributed by atoms with Gasteiger partial charge in [-0.25, -0.2) is 0 Å². The molecule has 2 atom stereocenters. The van der Waals surface area contributed by atoms with Crippen LogP contribution in [0, 0.1) is 5.92 Å². The van der Waals surface area contributed by atoms with E-state index in [9.17, 15) is 4.79 Å². The number of hydrogen-bond acceptors (Lipinski definition) is 3. The zero-order valence-corrected chi connectivity index (χ0v) is 9.39. The van der Waals surface area contributed by atoms with Crippen LogP contribution in [0.15, 0.2) is 30.3 Å². The van der Waals surface area contributed by atoms with Gasteiger partial charge in [0.2, 0.25) is 5.91 Å². The third-order valence-electron chi connectivity index (χ3n) is 2.38. The lowest BCUT2D eigenvalue weighted by Crippen LogP contribution is -2.37. The van der Waals surface area contributed by atoms with E-state index in [-0.39, 0.29) is 18.4 Å². The Morgan fingerprint density at radius 1 is 1.44 bits per heavy atom. The van der Waals surface area contributed by atoms with E-state index in [0.29, 0.717) is 6.54 Å². The number of amides is 1. The Kier molecular flexibility index (Phi) is 4.95. The molecular formula is C12H18N2O2. The van der Waals surface area contributed by atoms with E-state index in [4.69, 9.17) is 10.8 Å². The van der Waals surface area contributed by atoms with E-state index in [1.165, 1.54) is 0 Å². The number of nitrogens with one attached hydrogen (secondary N) is 1. The molecule has 1 aromatic carbocycles. The van der Waals surface area contributed by atoms with Crippen LogP contribution in [0.25, 0.3) is 0 Å². The molecule has 4 nitrogen and oxygen atoms in total. The molecule has 0 spiro atoms. The number of carbonyl (C=O) groups is 1. The fraction of sp³-hybridized carbons (Fsp3) is 0.417. The number of aliphatic hydroxyl groups excluding tert-OH is 1. The van der Waals surface area contributed by atoms with E-state index < -0.39 is 6.04 Å². The summed E-state index contributed by atoms with van der Waals surface area (Å²) in [6.07, 6.45) is 0. The molecule has 0 aliphatic heterocycles. The number of aliphatic hydroxyl groups is 1. The average molecular weight is 222 g/mol. The number of rotatable bonds is 5. The molecule has 1 rings (SSSR count). The third-order valence-corrected chi connectivity index (χ3v) is 2.38. The highest BCUT2D eigenvalue weighted by molar-refractivity contribution is 5.82. The second-order valence-corrected chi connectivity index (χ2v) is 3.92. The van der Waals surface area contributed by atoms with Gasteiger partial charge in [-0.3, -0.25) is 4.79 Å². The molecule has 88 valence electrons. The van der Waals surface area contributed by atoms with Crippen LogP contribution >= 0.6 is 0 Å². The lowest BCUT2D eigenvalue weighted by molar-refractivity contribution is -0.122. The van der Waals surface area contributed by atoms with E-state index in [0.717, 1.165) is 5.56 Å². The maximum atomic E-state index is 11.6. The van der Waals surface area contributed by atoms with E-state index in [2.05, 4.69) is 5.32 Å². The van der Waals surface area contributed by atoms with Crippen molar-refractivity contribution >= 4 is 5.91 Å². The predicted molar refractivity (Wildman–Crippen MR) is 62.6 cm³/mol. The predicted octanol–water partition coefficient (Wildman–Crippen LogP) is 0.431. The first-order valence-corrected chi connectivity index (χ1v) is 5.34. The first-order chi connectivity index (χ1) is 7.65. The molecule has 4 heteroatoms. The number of carbonyl (C=O) groups excluding carboxylic acids is 1. The molecule has 0 aliphatic carbocycles. The highest BCUT2D eigenvalue weighted by Gasteiger charge is 2.15. The summed E-state index contributed by atoms with van der Waals surface area (Å²) in [5.41, 5.74) is 6.58. The Morgan fingerprint density at radius 2 is 2.06 bits per heavy atom. The van der Waals surface area contributed by atoms with Gasteiger partial charge < -0.3 is 16.2 Å². The van der Waals surface area contributed by atoms with Crippen LogP contribution in [-0.4, -0.2) is 24.2 Å². The minimum atomic E-state index is -0.646. The topological polar surface area (TPSA) is 75.3 Å². The summed E-state index contributed by atoms with van der Waals surface area (Å²) in [4.78, 5) is 11.6. The van der Waals surface area contributed by atoms with Crippen LogP contribution in [0.3, 0.4) is 0 Å². The summed E-state index contributed by atoms with van der Waals surface area (Å²) in [5.74, 6) is -0.168. The normalized spacial score (nSPS) is 14.2. The van der Waals surface area contributed by atoms with Gasteiger partial charge in [-0.2, -0.15) is 0 Å². The van der Waals surface area contributed by atoms with Crippen molar-refractivity contribution in [1.82, 2.24) is 5.32 Å². The Bertz CT molecular complexity index is 327. The summed E-state index contributed by atoms with van der Waals surface area (Å²) < 4.78 is 0. The number of hydrogen-bond donors (Lipinski definition) is 3. The van der Waals surface area contributed by atoms with E-state index >= 15 is 0 Å². The molecule has 4 N–H and O–H groups in total. The van der Waals surface area contributed by atoms with Crippen LogP contribution in [0.2, 0.25) is 0 Å². The number of nitrogens with two attached hydrogens (primary N) is 1. The average Bonchev–Trinajstić information content (AvgIpc) is 2.35. The quantitative estimate of drug-likeness (QED) is 0.676. The summed E-state index contributed by atoms with van der Waals surface area (Å²) in [6.45, 7) is 2.35. The molecule has 0 saturated carbocycles. The van der Waals surface area contributed by atoms with Crippen molar-refractivity contribution in [2.45, 2.75) is 13.0 Å². The van der Waals surface area contributed by atoms with Crippen molar-refractivity contribution in [2.24, 2.45) is 11.7 Å². The van der Waals surface area contributed by atoms with Gasteiger partial charge in [0.15, 0.2) is 0 Å². The molecule has 1 amide bonds. The van der Waals surface area contributed by atoms with Gasteiger partial charge in [-0.15, -0.1) is 0 Å². The van der Waals surface area contributed by atoms with Crippen molar-refractivity contribution in [3.8, 4) is 0 Å².